The van der Waals surface area contributed by atoms with Crippen molar-refractivity contribution in [2.45, 2.75) is 39.9 Å². The second-order valence-electron chi connectivity index (χ2n) is 9.69. The van der Waals surface area contributed by atoms with Crippen LogP contribution in [-0.4, -0.2) is 80.7 Å². The standard InChI is InChI=1S/C26H38N6O4S.2ClH/c1-19(2)27-12-13-31(18-26(34)30(4)32-16-21-8-6-7-9-22(21)17-32)25(33)15-28-24-14-23(11-10-20(24)3)29-37(5,35)36;;/h6-11,14,19,27-29H,12-13,15-18H2,1-5H3;2*1H. The minimum Gasteiger partial charge on any atom is -0.376 e. The van der Waals surface area contributed by atoms with E-state index in [2.05, 4.69) is 27.5 Å². The SMILES string of the molecule is Cc1ccc(NS(C)(=O)=O)cc1NCC(=O)N(CCNC(C)C)CC(=O)N(C)N1Cc2ccccc2C1.Cl.Cl. The van der Waals surface area contributed by atoms with Crippen molar-refractivity contribution in [3.8, 4) is 0 Å². The van der Waals surface area contributed by atoms with Crippen LogP contribution in [0, 0.1) is 6.92 Å². The molecule has 0 saturated carbocycles. The number of hydrogen-bond donors (Lipinski definition) is 3. The van der Waals surface area contributed by atoms with Gasteiger partial charge in [0.05, 0.1) is 18.5 Å². The molecular formula is C26H40Cl2N6O4S. The van der Waals surface area contributed by atoms with Crippen LogP contribution in [0.4, 0.5) is 11.4 Å². The molecule has 3 N–H and O–H groups in total. The molecule has 0 unspecified atom stereocenters. The second-order valence-corrected chi connectivity index (χ2v) is 11.4. The Balaban J connectivity index is 0.00000380. The lowest BCUT2D eigenvalue weighted by Crippen LogP contribution is -2.49. The molecule has 1 heterocycles. The van der Waals surface area contributed by atoms with Gasteiger partial charge in [-0.1, -0.05) is 44.2 Å². The third-order valence-electron chi connectivity index (χ3n) is 6.19. The maximum Gasteiger partial charge on any atom is 0.256 e. The van der Waals surface area contributed by atoms with E-state index in [-0.39, 0.29) is 55.8 Å². The summed E-state index contributed by atoms with van der Waals surface area (Å²) in [5.74, 6) is -0.390. The summed E-state index contributed by atoms with van der Waals surface area (Å²) >= 11 is 0. The lowest BCUT2D eigenvalue weighted by Gasteiger charge is -2.31. The van der Waals surface area contributed by atoms with Gasteiger partial charge in [-0.05, 0) is 35.7 Å². The quantitative estimate of drug-likeness (QED) is 0.342. The molecule has 0 aromatic heterocycles. The number of amides is 2. The monoisotopic (exact) mass is 602 g/mol. The van der Waals surface area contributed by atoms with Crippen molar-refractivity contribution in [1.29, 1.82) is 0 Å². The summed E-state index contributed by atoms with van der Waals surface area (Å²) in [7, 11) is -1.68. The van der Waals surface area contributed by atoms with E-state index in [0.717, 1.165) is 11.8 Å². The number of likely N-dealkylation sites (N-methyl/N-ethyl adjacent to an activating group) is 1. The number of hydrazine groups is 1. The number of sulfonamides is 1. The molecule has 0 aliphatic carbocycles. The summed E-state index contributed by atoms with van der Waals surface area (Å²) in [6.45, 7) is 8.09. The lowest BCUT2D eigenvalue weighted by molar-refractivity contribution is -0.151. The maximum atomic E-state index is 13.2. The number of anilines is 2. The van der Waals surface area contributed by atoms with Crippen LogP contribution in [0.3, 0.4) is 0 Å². The van der Waals surface area contributed by atoms with Crippen molar-refractivity contribution in [1.82, 2.24) is 20.2 Å². The highest BCUT2D eigenvalue weighted by atomic mass is 35.5. The molecule has 10 nitrogen and oxygen atoms in total. The average molecular weight is 604 g/mol. The van der Waals surface area contributed by atoms with Crippen molar-refractivity contribution < 1.29 is 18.0 Å². The highest BCUT2D eigenvalue weighted by molar-refractivity contribution is 7.92. The molecule has 3 rings (SSSR count). The number of fused-ring (bicyclic) bond motifs is 1. The number of nitrogens with zero attached hydrogens (tertiary/aromatic N) is 3. The van der Waals surface area contributed by atoms with E-state index in [0.29, 0.717) is 37.6 Å². The summed E-state index contributed by atoms with van der Waals surface area (Å²) < 4.78 is 25.6. The Hall–Kier alpha value is -2.57. The number of aryl methyl sites for hydroxylation is 1. The van der Waals surface area contributed by atoms with Crippen LogP contribution < -0.4 is 15.4 Å². The summed E-state index contributed by atoms with van der Waals surface area (Å²) in [5.41, 5.74) is 4.31. The van der Waals surface area contributed by atoms with Gasteiger partial charge in [0.25, 0.3) is 5.91 Å². The zero-order chi connectivity index (χ0) is 27.2. The van der Waals surface area contributed by atoms with Gasteiger partial charge in [0.15, 0.2) is 0 Å². The van der Waals surface area contributed by atoms with Crippen molar-refractivity contribution in [3.05, 3.63) is 59.2 Å². The molecule has 2 aromatic rings. The van der Waals surface area contributed by atoms with Crippen LogP contribution >= 0.6 is 24.8 Å². The van der Waals surface area contributed by atoms with E-state index >= 15 is 0 Å². The number of nitrogens with one attached hydrogen (secondary N) is 3. The van der Waals surface area contributed by atoms with Crippen molar-refractivity contribution in [3.63, 3.8) is 0 Å². The Bertz CT molecular complexity index is 1200. The van der Waals surface area contributed by atoms with Gasteiger partial charge in [-0.25, -0.2) is 13.4 Å². The van der Waals surface area contributed by atoms with Crippen LogP contribution in [0.5, 0.6) is 0 Å². The Kier molecular flexibility index (Phi) is 13.5. The molecule has 0 fully saturated rings. The topological polar surface area (TPSA) is 114 Å². The Morgan fingerprint density at radius 3 is 2.21 bits per heavy atom. The summed E-state index contributed by atoms with van der Waals surface area (Å²) in [5, 5.41) is 9.99. The van der Waals surface area contributed by atoms with Gasteiger partial charge in [0.2, 0.25) is 15.9 Å². The Morgan fingerprint density at radius 2 is 1.64 bits per heavy atom. The van der Waals surface area contributed by atoms with E-state index in [4.69, 9.17) is 0 Å². The largest absolute Gasteiger partial charge is 0.376 e. The first kappa shape index (κ1) is 34.5. The number of halogens is 2. The molecule has 13 heteroatoms. The Labute approximate surface area is 244 Å². The average Bonchev–Trinajstić information content (AvgIpc) is 3.26. The number of benzene rings is 2. The van der Waals surface area contributed by atoms with E-state index in [1.807, 2.05) is 37.9 Å². The van der Waals surface area contributed by atoms with Gasteiger partial charge in [-0.2, -0.15) is 0 Å². The van der Waals surface area contributed by atoms with E-state index in [9.17, 15) is 18.0 Å². The van der Waals surface area contributed by atoms with Crippen LogP contribution in [0.25, 0.3) is 0 Å². The molecular weight excluding hydrogens is 563 g/mol. The van der Waals surface area contributed by atoms with Gasteiger partial charge in [-0.15, -0.1) is 24.8 Å². The zero-order valence-corrected chi connectivity index (χ0v) is 25.5. The van der Waals surface area contributed by atoms with Gasteiger partial charge in [0.1, 0.15) is 6.54 Å². The van der Waals surface area contributed by atoms with Crippen LogP contribution in [-0.2, 0) is 32.7 Å². The first-order chi connectivity index (χ1) is 17.4. The molecule has 1 aliphatic heterocycles. The normalized spacial score (nSPS) is 12.7. The molecule has 0 bridgehead atoms. The summed E-state index contributed by atoms with van der Waals surface area (Å²) in [6, 6.07) is 13.5. The van der Waals surface area contributed by atoms with Crippen molar-refractivity contribution in [2.24, 2.45) is 0 Å². The molecule has 218 valence electrons. The second kappa shape index (κ2) is 15.3. The molecule has 0 spiro atoms. The fourth-order valence-electron chi connectivity index (χ4n) is 4.10. The summed E-state index contributed by atoms with van der Waals surface area (Å²) in [4.78, 5) is 28.0. The fraction of sp³-hybridized carbons (Fsp3) is 0.462. The molecule has 0 atom stereocenters. The maximum absolute atomic E-state index is 13.2. The molecule has 0 saturated heterocycles. The zero-order valence-electron chi connectivity index (χ0n) is 23.1. The third kappa shape index (κ3) is 10.5. The van der Waals surface area contributed by atoms with Gasteiger partial charge >= 0.3 is 0 Å². The van der Waals surface area contributed by atoms with Gasteiger partial charge in [0, 0.05) is 45.0 Å². The number of rotatable bonds is 12. The first-order valence-electron chi connectivity index (χ1n) is 12.3. The minimum atomic E-state index is -3.42. The first-order valence-corrected chi connectivity index (χ1v) is 14.2. The predicted molar refractivity (Wildman–Crippen MR) is 161 cm³/mol. The van der Waals surface area contributed by atoms with Gasteiger partial charge < -0.3 is 15.5 Å². The van der Waals surface area contributed by atoms with Crippen LogP contribution in [0.1, 0.15) is 30.5 Å². The summed E-state index contributed by atoms with van der Waals surface area (Å²) in [6.07, 6.45) is 1.08. The number of hydrogen-bond acceptors (Lipinski definition) is 7. The van der Waals surface area contributed by atoms with E-state index in [1.165, 1.54) is 11.1 Å². The molecule has 2 amide bonds. The third-order valence-corrected chi connectivity index (χ3v) is 6.80. The van der Waals surface area contributed by atoms with E-state index < -0.39 is 10.0 Å². The number of carbonyl (C=O) groups excluding carboxylic acids is 2. The lowest BCUT2D eigenvalue weighted by atomic mass is 10.1. The van der Waals surface area contributed by atoms with E-state index in [1.54, 1.807) is 35.2 Å². The highest BCUT2D eigenvalue weighted by Crippen LogP contribution is 2.23. The number of carbonyl (C=O) groups is 2. The van der Waals surface area contributed by atoms with Crippen LogP contribution in [0.15, 0.2) is 42.5 Å². The van der Waals surface area contributed by atoms with Crippen molar-refractivity contribution in [2.75, 3.05) is 49.5 Å². The molecule has 0 radical (unpaired) electrons. The highest BCUT2D eigenvalue weighted by Gasteiger charge is 2.27. The fourth-order valence-corrected chi connectivity index (χ4v) is 4.66. The van der Waals surface area contributed by atoms with Crippen LogP contribution in [0.2, 0.25) is 0 Å². The van der Waals surface area contributed by atoms with Gasteiger partial charge in [-0.3, -0.25) is 19.3 Å². The molecule has 1 aliphatic rings. The minimum absolute atomic E-state index is 0. The predicted octanol–water partition coefficient (Wildman–Crippen LogP) is 2.84. The van der Waals surface area contributed by atoms with Crippen molar-refractivity contribution >= 4 is 58.0 Å². The smallest absolute Gasteiger partial charge is 0.256 e. The molecule has 2 aromatic carbocycles. The molecule has 39 heavy (non-hydrogen) atoms. The Morgan fingerprint density at radius 1 is 1.03 bits per heavy atom.